The van der Waals surface area contributed by atoms with Gasteiger partial charge in [-0.15, -0.1) is 0 Å². The van der Waals surface area contributed by atoms with Crippen molar-refractivity contribution in [3.63, 3.8) is 0 Å². The lowest BCUT2D eigenvalue weighted by atomic mass is 10.1. The Balaban J connectivity index is 2.73. The summed E-state index contributed by atoms with van der Waals surface area (Å²) in [5, 5.41) is 19.8. The molecule has 0 aliphatic carbocycles. The van der Waals surface area contributed by atoms with E-state index in [-0.39, 0.29) is 26.9 Å². The van der Waals surface area contributed by atoms with E-state index in [0.29, 0.717) is 5.56 Å². The third-order valence-corrected chi connectivity index (χ3v) is 5.20. The molecule has 0 aliphatic rings. The van der Waals surface area contributed by atoms with Gasteiger partial charge in [0.1, 0.15) is 16.4 Å². The van der Waals surface area contributed by atoms with E-state index < -0.39 is 9.84 Å². The molecule has 0 atom stereocenters. The van der Waals surface area contributed by atoms with Crippen LogP contribution < -0.4 is 0 Å². The Hall–Kier alpha value is -2.01. The summed E-state index contributed by atoms with van der Waals surface area (Å²) < 4.78 is 25.2. The van der Waals surface area contributed by atoms with E-state index in [2.05, 4.69) is 0 Å². The van der Waals surface area contributed by atoms with Crippen LogP contribution in [0.15, 0.2) is 40.1 Å². The highest BCUT2D eigenvalue weighted by Crippen LogP contribution is 2.38. The predicted molar refractivity (Wildman–Crippen MR) is 75.9 cm³/mol. The van der Waals surface area contributed by atoms with Gasteiger partial charge in [-0.25, -0.2) is 8.42 Å². The minimum atomic E-state index is -3.87. The van der Waals surface area contributed by atoms with Gasteiger partial charge in [0, 0.05) is 5.56 Å². The molecule has 106 valence electrons. The summed E-state index contributed by atoms with van der Waals surface area (Å²) in [6, 6.07) is 7.60. The highest BCUT2D eigenvalue weighted by molar-refractivity contribution is 7.91. The molecule has 0 heterocycles. The first kappa shape index (κ1) is 14.4. The molecule has 4 nitrogen and oxygen atoms in total. The fourth-order valence-corrected chi connectivity index (χ4v) is 3.67. The first-order valence-electron chi connectivity index (χ1n) is 6.09. The number of phenols is 2. The highest BCUT2D eigenvalue weighted by Gasteiger charge is 2.26. The number of hydrogen-bond acceptors (Lipinski definition) is 4. The number of rotatable bonds is 2. The van der Waals surface area contributed by atoms with E-state index in [1.54, 1.807) is 19.1 Å². The zero-order valence-electron chi connectivity index (χ0n) is 11.5. The molecular weight excluding hydrogens is 276 g/mol. The van der Waals surface area contributed by atoms with Crippen LogP contribution in [0.3, 0.4) is 0 Å². The summed E-state index contributed by atoms with van der Waals surface area (Å²) in [5.74, 6) is -0.466. The third kappa shape index (κ3) is 2.25. The summed E-state index contributed by atoms with van der Waals surface area (Å²) in [5.41, 5.74) is 1.53. The van der Waals surface area contributed by atoms with Gasteiger partial charge in [0.15, 0.2) is 0 Å². The Morgan fingerprint density at radius 1 is 0.950 bits per heavy atom. The van der Waals surface area contributed by atoms with E-state index in [1.165, 1.54) is 25.1 Å². The molecule has 0 bridgehead atoms. The van der Waals surface area contributed by atoms with Gasteiger partial charge in [0.2, 0.25) is 9.84 Å². The maximum absolute atomic E-state index is 12.6. The largest absolute Gasteiger partial charge is 0.507 e. The standard InChI is InChI=1S/C15H16O4S/c1-9-4-6-12(7-5-9)20(18,19)15-11(3)14(17)10(2)8-13(15)16/h4-8,16-17H,1-3H3. The molecule has 0 aromatic heterocycles. The topological polar surface area (TPSA) is 74.6 Å². The van der Waals surface area contributed by atoms with Crippen LogP contribution in [0.2, 0.25) is 0 Å². The number of sulfone groups is 1. The molecule has 0 fully saturated rings. The van der Waals surface area contributed by atoms with Gasteiger partial charge in [-0.1, -0.05) is 17.7 Å². The van der Waals surface area contributed by atoms with Crippen LogP contribution in [-0.4, -0.2) is 18.6 Å². The average Bonchev–Trinajstić information content (AvgIpc) is 2.36. The Bertz CT molecular complexity index is 759. The van der Waals surface area contributed by atoms with E-state index >= 15 is 0 Å². The fourth-order valence-electron chi connectivity index (χ4n) is 2.11. The van der Waals surface area contributed by atoms with Crippen LogP contribution >= 0.6 is 0 Å². The van der Waals surface area contributed by atoms with Crippen molar-refractivity contribution in [3.05, 3.63) is 47.0 Å². The van der Waals surface area contributed by atoms with Crippen molar-refractivity contribution < 1.29 is 18.6 Å². The Kier molecular flexibility index (Phi) is 3.48. The maximum Gasteiger partial charge on any atom is 0.210 e. The molecular formula is C15H16O4S. The zero-order chi connectivity index (χ0) is 15.1. The summed E-state index contributed by atoms with van der Waals surface area (Å²) >= 11 is 0. The molecule has 0 saturated heterocycles. The van der Waals surface area contributed by atoms with Crippen LogP contribution in [0.4, 0.5) is 0 Å². The van der Waals surface area contributed by atoms with Gasteiger partial charge >= 0.3 is 0 Å². The number of aromatic hydroxyl groups is 2. The van der Waals surface area contributed by atoms with Crippen molar-refractivity contribution in [1.29, 1.82) is 0 Å². The number of aryl methyl sites for hydroxylation is 2. The molecule has 0 spiro atoms. The molecule has 20 heavy (non-hydrogen) atoms. The molecule has 2 aromatic rings. The van der Waals surface area contributed by atoms with Crippen LogP contribution in [0.5, 0.6) is 11.5 Å². The normalized spacial score (nSPS) is 11.6. The van der Waals surface area contributed by atoms with Crippen molar-refractivity contribution in [3.8, 4) is 11.5 Å². The van der Waals surface area contributed by atoms with Gasteiger partial charge in [-0.3, -0.25) is 0 Å². The lowest BCUT2D eigenvalue weighted by Crippen LogP contribution is -2.05. The van der Waals surface area contributed by atoms with Crippen molar-refractivity contribution >= 4 is 9.84 Å². The van der Waals surface area contributed by atoms with Gasteiger partial charge in [-0.2, -0.15) is 0 Å². The van der Waals surface area contributed by atoms with Crippen LogP contribution in [0, 0.1) is 20.8 Å². The van der Waals surface area contributed by atoms with Crippen LogP contribution in [-0.2, 0) is 9.84 Å². The minimum Gasteiger partial charge on any atom is -0.507 e. The van der Waals surface area contributed by atoms with Gasteiger partial charge in [0.05, 0.1) is 4.90 Å². The monoisotopic (exact) mass is 292 g/mol. The average molecular weight is 292 g/mol. The van der Waals surface area contributed by atoms with Crippen molar-refractivity contribution in [2.75, 3.05) is 0 Å². The SMILES string of the molecule is Cc1ccc(S(=O)(=O)c2c(O)cc(C)c(O)c2C)cc1. The maximum atomic E-state index is 12.6. The molecule has 2 rings (SSSR count). The smallest absolute Gasteiger partial charge is 0.210 e. The highest BCUT2D eigenvalue weighted by atomic mass is 32.2. The lowest BCUT2D eigenvalue weighted by Gasteiger charge is -2.13. The molecule has 0 unspecified atom stereocenters. The molecule has 0 radical (unpaired) electrons. The van der Waals surface area contributed by atoms with E-state index in [1.807, 2.05) is 6.92 Å². The molecule has 0 aliphatic heterocycles. The second kappa shape index (κ2) is 4.83. The summed E-state index contributed by atoms with van der Waals surface area (Å²) in [6.45, 7) is 4.93. The molecule has 5 heteroatoms. The number of benzene rings is 2. The van der Waals surface area contributed by atoms with Crippen molar-refractivity contribution in [1.82, 2.24) is 0 Å². The van der Waals surface area contributed by atoms with Gasteiger partial charge in [-0.05, 0) is 44.5 Å². The molecule has 0 saturated carbocycles. The predicted octanol–water partition coefficient (Wildman–Crippen LogP) is 2.86. The number of hydrogen-bond donors (Lipinski definition) is 2. The van der Waals surface area contributed by atoms with Crippen molar-refractivity contribution in [2.45, 2.75) is 30.6 Å². The first-order valence-corrected chi connectivity index (χ1v) is 7.57. The van der Waals surface area contributed by atoms with E-state index in [0.717, 1.165) is 5.56 Å². The Morgan fingerprint density at radius 3 is 2.05 bits per heavy atom. The second-order valence-electron chi connectivity index (χ2n) is 4.83. The molecule has 2 N–H and O–H groups in total. The fraction of sp³-hybridized carbons (Fsp3) is 0.200. The Morgan fingerprint density at radius 2 is 1.50 bits per heavy atom. The zero-order valence-corrected chi connectivity index (χ0v) is 12.3. The first-order chi connectivity index (χ1) is 9.25. The van der Waals surface area contributed by atoms with E-state index in [4.69, 9.17) is 0 Å². The second-order valence-corrected chi connectivity index (χ2v) is 6.72. The summed E-state index contributed by atoms with van der Waals surface area (Å²) in [4.78, 5) is -0.158. The third-order valence-electron chi connectivity index (χ3n) is 3.26. The Labute approximate surface area is 118 Å². The summed E-state index contributed by atoms with van der Waals surface area (Å²) in [7, 11) is -3.87. The van der Waals surface area contributed by atoms with E-state index in [9.17, 15) is 18.6 Å². The number of phenolic OH excluding ortho intramolecular Hbond substituents is 2. The molecule has 2 aromatic carbocycles. The lowest BCUT2D eigenvalue weighted by molar-refractivity contribution is 0.438. The van der Waals surface area contributed by atoms with Crippen molar-refractivity contribution in [2.24, 2.45) is 0 Å². The van der Waals surface area contributed by atoms with Crippen LogP contribution in [0.1, 0.15) is 16.7 Å². The van der Waals surface area contributed by atoms with Gasteiger partial charge in [0.25, 0.3) is 0 Å². The molecule has 0 amide bonds. The van der Waals surface area contributed by atoms with Gasteiger partial charge < -0.3 is 10.2 Å². The summed E-state index contributed by atoms with van der Waals surface area (Å²) in [6.07, 6.45) is 0. The minimum absolute atomic E-state index is 0.0877. The quantitative estimate of drug-likeness (QED) is 0.835. The van der Waals surface area contributed by atoms with Crippen LogP contribution in [0.25, 0.3) is 0 Å².